The predicted octanol–water partition coefficient (Wildman–Crippen LogP) is 3.48. The largest absolute Gasteiger partial charge is 0.356 e. The van der Waals surface area contributed by atoms with Crippen LogP contribution < -0.4 is 0 Å². The van der Waals surface area contributed by atoms with Gasteiger partial charge in [-0.2, -0.15) is 0 Å². The number of carbonyl (C=O) groups is 1. The van der Waals surface area contributed by atoms with Crippen LogP contribution in [0.25, 0.3) is 0 Å². The third kappa shape index (κ3) is 2.03. The molecule has 0 aliphatic carbocycles. The van der Waals surface area contributed by atoms with Crippen molar-refractivity contribution in [1.29, 1.82) is 0 Å². The second-order valence-corrected chi connectivity index (χ2v) is 4.57. The highest BCUT2D eigenvalue weighted by Crippen LogP contribution is 2.19. The van der Waals surface area contributed by atoms with Crippen LogP contribution in [-0.4, -0.2) is 10.8 Å². The summed E-state index contributed by atoms with van der Waals surface area (Å²) >= 11 is 0. The van der Waals surface area contributed by atoms with Crippen LogP contribution in [0.1, 0.15) is 38.4 Å². The van der Waals surface area contributed by atoms with Gasteiger partial charge in [-0.3, -0.25) is 4.79 Å². The molecular formula is C15H17NO. The maximum atomic E-state index is 12.3. The Morgan fingerprint density at radius 2 is 1.53 bits per heavy atom. The lowest BCUT2D eigenvalue weighted by atomic mass is 10.0. The van der Waals surface area contributed by atoms with Crippen molar-refractivity contribution in [1.82, 2.24) is 4.98 Å². The Morgan fingerprint density at radius 3 is 2.00 bits per heavy atom. The van der Waals surface area contributed by atoms with Gasteiger partial charge >= 0.3 is 0 Å². The first-order chi connectivity index (χ1) is 8.00. The maximum Gasteiger partial charge on any atom is 0.209 e. The second-order valence-electron chi connectivity index (χ2n) is 4.57. The molecule has 0 saturated carbocycles. The Labute approximate surface area is 102 Å². The molecule has 1 N–H and O–H groups in total. The van der Waals surface area contributed by atoms with E-state index >= 15 is 0 Å². The van der Waals surface area contributed by atoms with Gasteiger partial charge in [-0.1, -0.05) is 29.8 Å². The van der Waals surface area contributed by atoms with E-state index < -0.39 is 0 Å². The first-order valence-electron chi connectivity index (χ1n) is 5.78. The smallest absolute Gasteiger partial charge is 0.209 e. The maximum absolute atomic E-state index is 12.3. The Balaban J connectivity index is 2.44. The minimum absolute atomic E-state index is 0.0682. The molecule has 1 heterocycles. The molecule has 0 aliphatic heterocycles. The van der Waals surface area contributed by atoms with E-state index in [0.717, 1.165) is 22.4 Å². The van der Waals surface area contributed by atoms with E-state index in [1.807, 2.05) is 52.0 Å². The van der Waals surface area contributed by atoms with Crippen molar-refractivity contribution in [3.05, 3.63) is 57.9 Å². The minimum Gasteiger partial charge on any atom is -0.356 e. The van der Waals surface area contributed by atoms with Crippen LogP contribution in [0.15, 0.2) is 24.3 Å². The number of nitrogens with one attached hydrogen (secondary N) is 1. The van der Waals surface area contributed by atoms with Crippen LogP contribution in [0.3, 0.4) is 0 Å². The fraction of sp³-hybridized carbons (Fsp3) is 0.267. The molecule has 1 aromatic heterocycles. The molecule has 0 spiro atoms. The van der Waals surface area contributed by atoms with Crippen molar-refractivity contribution >= 4 is 5.78 Å². The van der Waals surface area contributed by atoms with Crippen molar-refractivity contribution in [3.63, 3.8) is 0 Å². The molecule has 2 heteroatoms. The molecular weight excluding hydrogens is 210 g/mol. The molecule has 2 aromatic rings. The first kappa shape index (κ1) is 11.6. The van der Waals surface area contributed by atoms with E-state index in [2.05, 4.69) is 4.98 Å². The molecule has 0 bridgehead atoms. The molecule has 0 fully saturated rings. The molecule has 0 aliphatic rings. The number of aromatic nitrogens is 1. The molecule has 0 radical (unpaired) electrons. The normalized spacial score (nSPS) is 10.6. The van der Waals surface area contributed by atoms with Gasteiger partial charge in [0.25, 0.3) is 0 Å². The summed E-state index contributed by atoms with van der Waals surface area (Å²) in [6, 6.07) is 7.68. The van der Waals surface area contributed by atoms with Gasteiger partial charge in [0.05, 0.1) is 5.69 Å². The van der Waals surface area contributed by atoms with Gasteiger partial charge in [0, 0.05) is 11.3 Å². The highest BCUT2D eigenvalue weighted by molar-refractivity contribution is 6.09. The molecule has 2 rings (SSSR count). The van der Waals surface area contributed by atoms with E-state index in [-0.39, 0.29) is 5.78 Å². The number of hydrogen-bond donors (Lipinski definition) is 1. The standard InChI is InChI=1S/C15H17NO/c1-9-5-7-13(8-6-9)15(17)14-11(3)10(2)12(4)16-14/h5-8,16H,1-4H3. The zero-order chi connectivity index (χ0) is 12.6. The number of rotatable bonds is 2. The van der Waals surface area contributed by atoms with Crippen LogP contribution in [0.4, 0.5) is 0 Å². The average molecular weight is 227 g/mol. The monoisotopic (exact) mass is 227 g/mol. The molecule has 17 heavy (non-hydrogen) atoms. The number of carbonyl (C=O) groups excluding carboxylic acids is 1. The van der Waals surface area contributed by atoms with Gasteiger partial charge in [-0.25, -0.2) is 0 Å². The van der Waals surface area contributed by atoms with E-state index in [9.17, 15) is 4.79 Å². The van der Waals surface area contributed by atoms with E-state index in [1.54, 1.807) is 0 Å². The number of ketones is 1. The van der Waals surface area contributed by atoms with Crippen molar-refractivity contribution < 1.29 is 4.79 Å². The number of hydrogen-bond acceptors (Lipinski definition) is 1. The van der Waals surface area contributed by atoms with Gasteiger partial charge < -0.3 is 4.98 Å². The molecule has 1 aromatic carbocycles. The number of aryl methyl sites for hydroxylation is 2. The Bertz CT molecular complexity index is 561. The summed E-state index contributed by atoms with van der Waals surface area (Å²) in [5.41, 5.74) is 5.90. The van der Waals surface area contributed by atoms with Gasteiger partial charge in [0.1, 0.15) is 0 Å². The average Bonchev–Trinajstić information content (AvgIpc) is 2.57. The minimum atomic E-state index is 0.0682. The molecule has 0 saturated heterocycles. The van der Waals surface area contributed by atoms with Crippen LogP contribution in [-0.2, 0) is 0 Å². The first-order valence-corrected chi connectivity index (χ1v) is 5.78. The zero-order valence-electron chi connectivity index (χ0n) is 10.7. The van der Waals surface area contributed by atoms with Crippen LogP contribution in [0.2, 0.25) is 0 Å². The summed E-state index contributed by atoms with van der Waals surface area (Å²) in [5.74, 6) is 0.0682. The second kappa shape index (κ2) is 4.21. The zero-order valence-corrected chi connectivity index (χ0v) is 10.7. The fourth-order valence-corrected chi connectivity index (χ4v) is 1.92. The summed E-state index contributed by atoms with van der Waals surface area (Å²) < 4.78 is 0. The SMILES string of the molecule is Cc1ccc(C(=O)c2[nH]c(C)c(C)c2C)cc1. The number of aromatic amines is 1. The van der Waals surface area contributed by atoms with E-state index in [1.165, 1.54) is 5.56 Å². The summed E-state index contributed by atoms with van der Waals surface area (Å²) in [7, 11) is 0. The summed E-state index contributed by atoms with van der Waals surface area (Å²) in [4.78, 5) is 15.5. The van der Waals surface area contributed by atoms with Gasteiger partial charge in [-0.05, 0) is 38.8 Å². The molecule has 0 unspecified atom stereocenters. The van der Waals surface area contributed by atoms with E-state index in [0.29, 0.717) is 5.69 Å². The van der Waals surface area contributed by atoms with Crippen molar-refractivity contribution in [2.45, 2.75) is 27.7 Å². The number of H-pyrrole nitrogens is 1. The summed E-state index contributed by atoms with van der Waals surface area (Å²) in [6.45, 7) is 8.03. The third-order valence-corrected chi connectivity index (χ3v) is 3.35. The van der Waals surface area contributed by atoms with Gasteiger partial charge in [0.2, 0.25) is 5.78 Å². The molecule has 0 amide bonds. The molecule has 88 valence electrons. The highest BCUT2D eigenvalue weighted by Gasteiger charge is 2.16. The Kier molecular flexibility index (Phi) is 2.88. The highest BCUT2D eigenvalue weighted by atomic mass is 16.1. The van der Waals surface area contributed by atoms with Gasteiger partial charge in [0.15, 0.2) is 0 Å². The van der Waals surface area contributed by atoms with Crippen molar-refractivity contribution in [2.75, 3.05) is 0 Å². The predicted molar refractivity (Wildman–Crippen MR) is 69.6 cm³/mol. The molecule has 0 atom stereocenters. The van der Waals surface area contributed by atoms with Crippen LogP contribution in [0.5, 0.6) is 0 Å². The Morgan fingerprint density at radius 1 is 0.941 bits per heavy atom. The summed E-state index contributed by atoms with van der Waals surface area (Å²) in [6.07, 6.45) is 0. The van der Waals surface area contributed by atoms with Crippen LogP contribution >= 0.6 is 0 Å². The quantitative estimate of drug-likeness (QED) is 0.783. The summed E-state index contributed by atoms with van der Waals surface area (Å²) in [5, 5.41) is 0. The van der Waals surface area contributed by atoms with Crippen molar-refractivity contribution in [3.8, 4) is 0 Å². The lowest BCUT2D eigenvalue weighted by Crippen LogP contribution is -2.03. The Hall–Kier alpha value is -1.83. The third-order valence-electron chi connectivity index (χ3n) is 3.35. The lowest BCUT2D eigenvalue weighted by molar-refractivity contribution is 0.103. The topological polar surface area (TPSA) is 32.9 Å². The lowest BCUT2D eigenvalue weighted by Gasteiger charge is -2.01. The molecule has 2 nitrogen and oxygen atoms in total. The fourth-order valence-electron chi connectivity index (χ4n) is 1.92. The van der Waals surface area contributed by atoms with E-state index in [4.69, 9.17) is 0 Å². The van der Waals surface area contributed by atoms with Gasteiger partial charge in [-0.15, -0.1) is 0 Å². The van der Waals surface area contributed by atoms with Crippen molar-refractivity contribution in [2.24, 2.45) is 0 Å². The number of benzene rings is 1. The van der Waals surface area contributed by atoms with Crippen LogP contribution in [0, 0.1) is 27.7 Å².